The highest BCUT2D eigenvalue weighted by Crippen LogP contribution is 2.28. The maximum atomic E-state index is 13.9. The van der Waals surface area contributed by atoms with Crippen LogP contribution in [0.1, 0.15) is 6.42 Å². The van der Waals surface area contributed by atoms with Crippen LogP contribution in [0.5, 0.6) is 0 Å². The normalized spacial score (nSPS) is 10.9. The Morgan fingerprint density at radius 2 is 2.11 bits per heavy atom. The fourth-order valence-corrected chi connectivity index (χ4v) is 3.08. The zero-order valence-corrected chi connectivity index (χ0v) is 15.1. The molecule has 0 amide bonds. The van der Waals surface area contributed by atoms with E-state index >= 15 is 0 Å². The first-order valence-corrected chi connectivity index (χ1v) is 8.25. The SMILES string of the molecule is Cl.NCCCn1cc(-n2c(-c3cccnc3)n[nH]c2=O)c2cc(F)ccc21. The van der Waals surface area contributed by atoms with Crippen LogP contribution in [-0.4, -0.2) is 30.9 Å². The van der Waals surface area contributed by atoms with Crippen LogP contribution < -0.4 is 11.4 Å². The highest BCUT2D eigenvalue weighted by molar-refractivity contribution is 5.89. The summed E-state index contributed by atoms with van der Waals surface area (Å²) in [4.78, 5) is 16.5. The van der Waals surface area contributed by atoms with E-state index in [0.29, 0.717) is 35.6 Å². The van der Waals surface area contributed by atoms with Gasteiger partial charge in [0.25, 0.3) is 0 Å². The first-order chi connectivity index (χ1) is 12.7. The first-order valence-electron chi connectivity index (χ1n) is 8.25. The maximum absolute atomic E-state index is 13.9. The van der Waals surface area contributed by atoms with Crippen molar-refractivity contribution < 1.29 is 4.39 Å². The van der Waals surface area contributed by atoms with E-state index in [1.165, 1.54) is 16.7 Å². The summed E-state index contributed by atoms with van der Waals surface area (Å²) in [6.07, 6.45) is 5.87. The largest absolute Gasteiger partial charge is 0.348 e. The fraction of sp³-hybridized carbons (Fsp3) is 0.167. The van der Waals surface area contributed by atoms with E-state index in [9.17, 15) is 9.18 Å². The highest BCUT2D eigenvalue weighted by atomic mass is 35.5. The van der Waals surface area contributed by atoms with Gasteiger partial charge in [-0.25, -0.2) is 18.9 Å². The molecular formula is C18H18ClFN6O. The Bertz CT molecular complexity index is 1120. The van der Waals surface area contributed by atoms with Gasteiger partial charge in [-0.05, 0) is 43.3 Å². The zero-order chi connectivity index (χ0) is 18.1. The Kier molecular flexibility index (Phi) is 5.38. The third-order valence-corrected chi connectivity index (χ3v) is 4.26. The molecule has 4 aromatic rings. The predicted molar refractivity (Wildman–Crippen MR) is 104 cm³/mol. The Balaban J connectivity index is 0.00000210. The molecule has 3 N–H and O–H groups in total. The number of fused-ring (bicyclic) bond motifs is 1. The molecule has 3 aromatic heterocycles. The van der Waals surface area contributed by atoms with Gasteiger partial charge in [-0.15, -0.1) is 12.4 Å². The van der Waals surface area contributed by atoms with Crippen LogP contribution in [0.2, 0.25) is 0 Å². The summed E-state index contributed by atoms with van der Waals surface area (Å²) >= 11 is 0. The Hall–Kier alpha value is -2.97. The van der Waals surface area contributed by atoms with Crippen molar-refractivity contribution in [2.75, 3.05) is 6.54 Å². The third-order valence-electron chi connectivity index (χ3n) is 4.26. The summed E-state index contributed by atoms with van der Waals surface area (Å²) < 4.78 is 17.3. The molecule has 1 aromatic carbocycles. The standard InChI is InChI=1S/C18H17FN6O.ClH/c19-13-4-5-15-14(9-13)16(11-24(15)8-2-6-20)25-17(22-23-18(25)26)12-3-1-7-21-10-12;/h1,3-5,7,9-11H,2,6,8,20H2,(H,23,26);1H. The van der Waals surface area contributed by atoms with Gasteiger partial charge in [0.15, 0.2) is 5.82 Å². The summed E-state index contributed by atoms with van der Waals surface area (Å²) in [7, 11) is 0. The van der Waals surface area contributed by atoms with Gasteiger partial charge in [-0.2, -0.15) is 5.10 Å². The predicted octanol–water partition coefficient (Wildman–Crippen LogP) is 2.49. The molecule has 140 valence electrons. The van der Waals surface area contributed by atoms with Gasteiger partial charge in [0.1, 0.15) is 5.82 Å². The number of H-pyrrole nitrogens is 1. The number of rotatable bonds is 5. The molecule has 4 rings (SSSR count). The second-order valence-electron chi connectivity index (χ2n) is 5.94. The van der Waals surface area contributed by atoms with Gasteiger partial charge >= 0.3 is 5.69 Å². The molecule has 0 saturated heterocycles. The molecule has 0 unspecified atom stereocenters. The van der Waals surface area contributed by atoms with Crippen LogP contribution in [0.4, 0.5) is 4.39 Å². The lowest BCUT2D eigenvalue weighted by molar-refractivity contribution is 0.629. The minimum atomic E-state index is -0.397. The molecule has 0 fully saturated rings. The lowest BCUT2D eigenvalue weighted by atomic mass is 10.2. The molecule has 0 saturated carbocycles. The molecule has 0 radical (unpaired) electrons. The summed E-state index contributed by atoms with van der Waals surface area (Å²) in [6.45, 7) is 1.22. The average Bonchev–Trinajstić information content (AvgIpc) is 3.20. The number of nitrogens with one attached hydrogen (secondary N) is 1. The number of nitrogens with two attached hydrogens (primary N) is 1. The van der Waals surface area contributed by atoms with E-state index in [2.05, 4.69) is 15.2 Å². The molecule has 9 heteroatoms. The van der Waals surface area contributed by atoms with Gasteiger partial charge in [0, 0.05) is 36.1 Å². The topological polar surface area (TPSA) is 94.5 Å². The van der Waals surface area contributed by atoms with Crippen LogP contribution in [0.15, 0.2) is 53.7 Å². The van der Waals surface area contributed by atoms with Crippen LogP contribution in [0.3, 0.4) is 0 Å². The number of benzene rings is 1. The van der Waals surface area contributed by atoms with Gasteiger partial charge in [0.05, 0.1) is 11.2 Å². The lowest BCUT2D eigenvalue weighted by Gasteiger charge is -2.04. The van der Waals surface area contributed by atoms with E-state index in [1.54, 1.807) is 24.5 Å². The van der Waals surface area contributed by atoms with Crippen LogP contribution in [0.25, 0.3) is 28.0 Å². The molecule has 0 aliphatic heterocycles. The smallest absolute Gasteiger partial charge is 0.345 e. The Morgan fingerprint density at radius 3 is 2.85 bits per heavy atom. The van der Waals surface area contributed by atoms with Crippen molar-refractivity contribution in [1.82, 2.24) is 24.3 Å². The van der Waals surface area contributed by atoms with Gasteiger partial charge in [-0.1, -0.05) is 0 Å². The average molecular weight is 389 g/mol. The van der Waals surface area contributed by atoms with Crippen molar-refractivity contribution in [3.05, 3.63) is 65.2 Å². The molecule has 0 aliphatic carbocycles. The van der Waals surface area contributed by atoms with E-state index < -0.39 is 5.69 Å². The fourth-order valence-electron chi connectivity index (χ4n) is 3.08. The van der Waals surface area contributed by atoms with Gasteiger partial charge in [-0.3, -0.25) is 4.98 Å². The van der Waals surface area contributed by atoms with Gasteiger partial charge in [0.2, 0.25) is 0 Å². The van der Waals surface area contributed by atoms with Crippen molar-refractivity contribution in [3.8, 4) is 17.1 Å². The molecule has 27 heavy (non-hydrogen) atoms. The van der Waals surface area contributed by atoms with Crippen molar-refractivity contribution >= 4 is 23.3 Å². The van der Waals surface area contributed by atoms with E-state index in [1.807, 2.05) is 16.8 Å². The third kappa shape index (κ3) is 3.36. The number of hydrogen-bond acceptors (Lipinski definition) is 4. The molecule has 0 bridgehead atoms. The van der Waals surface area contributed by atoms with E-state index in [-0.39, 0.29) is 18.2 Å². The minimum Gasteiger partial charge on any atom is -0.345 e. The van der Waals surface area contributed by atoms with Crippen molar-refractivity contribution in [2.24, 2.45) is 5.73 Å². The molecule has 7 nitrogen and oxygen atoms in total. The molecule has 0 atom stereocenters. The number of halogens is 2. The monoisotopic (exact) mass is 388 g/mol. The second kappa shape index (κ2) is 7.73. The van der Waals surface area contributed by atoms with Gasteiger partial charge < -0.3 is 10.3 Å². The zero-order valence-electron chi connectivity index (χ0n) is 14.3. The van der Waals surface area contributed by atoms with Crippen molar-refractivity contribution in [2.45, 2.75) is 13.0 Å². The maximum Gasteiger partial charge on any atom is 0.348 e. The number of nitrogens with zero attached hydrogens (tertiary/aromatic N) is 4. The summed E-state index contributed by atoms with van der Waals surface area (Å²) in [5, 5.41) is 7.23. The summed E-state index contributed by atoms with van der Waals surface area (Å²) in [5.74, 6) is 0.0556. The lowest BCUT2D eigenvalue weighted by Crippen LogP contribution is -2.15. The number of pyridine rings is 1. The minimum absolute atomic E-state index is 0. The number of hydrogen-bond donors (Lipinski definition) is 2. The van der Waals surface area contributed by atoms with E-state index in [4.69, 9.17) is 5.73 Å². The van der Waals surface area contributed by atoms with E-state index in [0.717, 1.165) is 11.9 Å². The molecule has 0 spiro atoms. The molecule has 3 heterocycles. The second-order valence-corrected chi connectivity index (χ2v) is 5.94. The number of aromatic nitrogens is 5. The van der Waals surface area contributed by atoms with Crippen LogP contribution in [-0.2, 0) is 6.54 Å². The summed E-state index contributed by atoms with van der Waals surface area (Å²) in [6, 6.07) is 8.12. The highest BCUT2D eigenvalue weighted by Gasteiger charge is 2.18. The Labute approximate surface area is 160 Å². The Morgan fingerprint density at radius 1 is 1.26 bits per heavy atom. The first kappa shape index (κ1) is 18.8. The molecule has 0 aliphatic rings. The number of aromatic amines is 1. The van der Waals surface area contributed by atoms with Crippen molar-refractivity contribution in [1.29, 1.82) is 0 Å². The van der Waals surface area contributed by atoms with Crippen LogP contribution >= 0.6 is 12.4 Å². The quantitative estimate of drug-likeness (QED) is 0.549. The van der Waals surface area contributed by atoms with Crippen molar-refractivity contribution in [3.63, 3.8) is 0 Å². The number of aryl methyl sites for hydroxylation is 1. The molecular weight excluding hydrogens is 371 g/mol. The summed E-state index contributed by atoms with van der Waals surface area (Å²) in [5.41, 5.74) is 7.31. The van der Waals surface area contributed by atoms with Crippen LogP contribution in [0, 0.1) is 5.82 Å².